The smallest absolute Gasteiger partial charge is 0.289 e. The van der Waals surface area contributed by atoms with Gasteiger partial charge in [0, 0.05) is 32.2 Å². The maximum absolute atomic E-state index is 12.9. The standard InChI is InChI=1S/C22H28N2O5S/c1-17-21(30(26,27)24-11-5-6-12-24)15-20(29-17)22(25)23-13-9-18(10-14-23)16-28-19-7-3-2-4-8-19/h2-4,7-8,15,18H,5-6,9-14,16H2,1H3. The average Bonchev–Trinajstić information content (AvgIpc) is 3.44. The number of para-hydroxylation sites is 1. The highest BCUT2D eigenvalue weighted by atomic mass is 32.2. The van der Waals surface area contributed by atoms with E-state index < -0.39 is 10.0 Å². The fourth-order valence-corrected chi connectivity index (χ4v) is 5.76. The fraction of sp³-hybridized carbons (Fsp3) is 0.500. The molecule has 8 heteroatoms. The van der Waals surface area contributed by atoms with Crippen LogP contribution in [0.25, 0.3) is 0 Å². The number of nitrogens with zero attached hydrogens (tertiary/aromatic N) is 2. The van der Waals surface area contributed by atoms with Crippen molar-refractivity contribution in [3.63, 3.8) is 0 Å². The molecule has 1 aromatic carbocycles. The number of likely N-dealkylation sites (tertiary alicyclic amines) is 1. The summed E-state index contributed by atoms with van der Waals surface area (Å²) in [6.45, 7) is 4.49. The summed E-state index contributed by atoms with van der Waals surface area (Å²) in [5.41, 5.74) is 0. The summed E-state index contributed by atoms with van der Waals surface area (Å²) in [5.74, 6) is 1.37. The molecule has 1 aromatic heterocycles. The third kappa shape index (κ3) is 4.39. The second-order valence-electron chi connectivity index (χ2n) is 8.00. The van der Waals surface area contributed by atoms with Gasteiger partial charge in [-0.05, 0) is 50.7 Å². The van der Waals surface area contributed by atoms with Crippen molar-refractivity contribution in [2.45, 2.75) is 37.5 Å². The zero-order chi connectivity index (χ0) is 21.1. The molecule has 30 heavy (non-hydrogen) atoms. The Morgan fingerprint density at radius 1 is 1.10 bits per heavy atom. The number of sulfonamides is 1. The van der Waals surface area contributed by atoms with Crippen LogP contribution >= 0.6 is 0 Å². The molecule has 3 heterocycles. The van der Waals surface area contributed by atoms with Crippen molar-refractivity contribution in [3.8, 4) is 5.75 Å². The molecule has 0 aliphatic carbocycles. The highest BCUT2D eigenvalue weighted by Crippen LogP contribution is 2.28. The van der Waals surface area contributed by atoms with Crippen LogP contribution in [0.15, 0.2) is 45.7 Å². The second kappa shape index (κ2) is 8.81. The van der Waals surface area contributed by atoms with E-state index in [1.54, 1.807) is 11.8 Å². The number of piperidine rings is 1. The van der Waals surface area contributed by atoms with Gasteiger partial charge in [-0.25, -0.2) is 8.42 Å². The number of amides is 1. The van der Waals surface area contributed by atoms with E-state index in [-0.39, 0.29) is 22.3 Å². The molecule has 2 aromatic rings. The first-order valence-corrected chi connectivity index (χ1v) is 12.0. The molecule has 2 fully saturated rings. The molecule has 2 aliphatic heterocycles. The van der Waals surface area contributed by atoms with Gasteiger partial charge >= 0.3 is 0 Å². The van der Waals surface area contributed by atoms with Crippen molar-refractivity contribution in [1.29, 1.82) is 0 Å². The molecule has 162 valence electrons. The minimum atomic E-state index is -3.60. The predicted molar refractivity (Wildman–Crippen MR) is 112 cm³/mol. The van der Waals surface area contributed by atoms with Crippen LogP contribution in [0.1, 0.15) is 42.0 Å². The molecule has 0 bridgehead atoms. The normalized spacial score (nSPS) is 18.6. The summed E-state index contributed by atoms with van der Waals surface area (Å²) >= 11 is 0. The van der Waals surface area contributed by atoms with Gasteiger partial charge in [-0.2, -0.15) is 4.31 Å². The highest BCUT2D eigenvalue weighted by Gasteiger charge is 2.33. The zero-order valence-corrected chi connectivity index (χ0v) is 18.1. The Balaban J connectivity index is 1.35. The lowest BCUT2D eigenvalue weighted by atomic mass is 9.97. The Labute approximate surface area is 177 Å². The molecule has 0 saturated carbocycles. The second-order valence-corrected chi connectivity index (χ2v) is 9.91. The van der Waals surface area contributed by atoms with Crippen molar-refractivity contribution in [2.75, 3.05) is 32.8 Å². The SMILES string of the molecule is Cc1oc(C(=O)N2CCC(COc3ccccc3)CC2)cc1S(=O)(=O)N1CCCC1. The summed E-state index contributed by atoms with van der Waals surface area (Å²) in [6.07, 6.45) is 3.42. The first-order valence-electron chi connectivity index (χ1n) is 10.5. The number of hydrogen-bond donors (Lipinski definition) is 0. The first-order chi connectivity index (χ1) is 14.4. The van der Waals surface area contributed by atoms with Crippen LogP contribution in [0.3, 0.4) is 0 Å². The quantitative estimate of drug-likeness (QED) is 0.700. The Morgan fingerprint density at radius 3 is 2.43 bits per heavy atom. The molecule has 7 nitrogen and oxygen atoms in total. The number of rotatable bonds is 6. The van der Waals surface area contributed by atoms with E-state index in [1.165, 1.54) is 10.4 Å². The number of ether oxygens (including phenoxy) is 1. The molecule has 2 saturated heterocycles. The Bertz CT molecular complexity index is 972. The topological polar surface area (TPSA) is 80.1 Å². The van der Waals surface area contributed by atoms with Gasteiger partial charge < -0.3 is 14.1 Å². The van der Waals surface area contributed by atoms with E-state index in [9.17, 15) is 13.2 Å². The molecular weight excluding hydrogens is 404 g/mol. The number of aryl methyl sites for hydroxylation is 1. The van der Waals surface area contributed by atoms with Crippen molar-refractivity contribution >= 4 is 15.9 Å². The van der Waals surface area contributed by atoms with E-state index in [2.05, 4.69) is 0 Å². The van der Waals surface area contributed by atoms with Crippen molar-refractivity contribution in [1.82, 2.24) is 9.21 Å². The molecule has 0 N–H and O–H groups in total. The third-order valence-electron chi connectivity index (χ3n) is 5.90. The highest BCUT2D eigenvalue weighted by molar-refractivity contribution is 7.89. The van der Waals surface area contributed by atoms with Crippen LogP contribution in [0.5, 0.6) is 5.75 Å². The number of hydrogen-bond acceptors (Lipinski definition) is 5. The summed E-state index contributed by atoms with van der Waals surface area (Å²) in [6, 6.07) is 11.1. The largest absolute Gasteiger partial charge is 0.493 e. The van der Waals surface area contributed by atoms with Crippen molar-refractivity contribution < 1.29 is 22.4 Å². The van der Waals surface area contributed by atoms with E-state index in [4.69, 9.17) is 9.15 Å². The summed E-state index contributed by atoms with van der Waals surface area (Å²) in [5, 5.41) is 0. The molecule has 1 amide bonds. The van der Waals surface area contributed by atoms with Crippen LogP contribution in [0.4, 0.5) is 0 Å². The van der Waals surface area contributed by atoms with Gasteiger partial charge in [-0.3, -0.25) is 4.79 Å². The van der Waals surface area contributed by atoms with Gasteiger partial charge in [0.2, 0.25) is 10.0 Å². The van der Waals surface area contributed by atoms with Gasteiger partial charge in [0.25, 0.3) is 5.91 Å². The van der Waals surface area contributed by atoms with Crippen LogP contribution in [0, 0.1) is 12.8 Å². The summed E-state index contributed by atoms with van der Waals surface area (Å²) in [4.78, 5) is 14.7. The zero-order valence-electron chi connectivity index (χ0n) is 17.2. The summed E-state index contributed by atoms with van der Waals surface area (Å²) < 4.78 is 38.5. The van der Waals surface area contributed by atoms with Crippen molar-refractivity contribution in [3.05, 3.63) is 47.9 Å². The molecular formula is C22H28N2O5S. The lowest BCUT2D eigenvalue weighted by molar-refractivity contribution is 0.0628. The molecule has 4 rings (SSSR count). The Kier molecular flexibility index (Phi) is 6.15. The van der Waals surface area contributed by atoms with Crippen molar-refractivity contribution in [2.24, 2.45) is 5.92 Å². The van der Waals surface area contributed by atoms with Gasteiger partial charge in [0.05, 0.1) is 6.61 Å². The van der Waals surface area contributed by atoms with E-state index in [0.717, 1.165) is 31.4 Å². The Morgan fingerprint density at radius 2 is 1.77 bits per heavy atom. The Hall–Kier alpha value is -2.32. The van der Waals surface area contributed by atoms with Gasteiger partial charge in [-0.15, -0.1) is 0 Å². The molecule has 0 spiro atoms. The lowest BCUT2D eigenvalue weighted by Crippen LogP contribution is -2.39. The van der Waals surface area contributed by atoms with Crippen LogP contribution in [0.2, 0.25) is 0 Å². The van der Waals surface area contributed by atoms with Crippen LogP contribution in [-0.4, -0.2) is 56.3 Å². The van der Waals surface area contributed by atoms with E-state index in [0.29, 0.717) is 38.7 Å². The molecule has 0 radical (unpaired) electrons. The van der Waals surface area contributed by atoms with Gasteiger partial charge in [-0.1, -0.05) is 18.2 Å². The molecule has 0 atom stereocenters. The predicted octanol–water partition coefficient (Wildman–Crippen LogP) is 3.30. The average molecular weight is 433 g/mol. The maximum atomic E-state index is 12.9. The minimum Gasteiger partial charge on any atom is -0.493 e. The summed E-state index contributed by atoms with van der Waals surface area (Å²) in [7, 11) is -3.60. The lowest BCUT2D eigenvalue weighted by Gasteiger charge is -2.31. The minimum absolute atomic E-state index is 0.101. The fourth-order valence-electron chi connectivity index (χ4n) is 4.08. The van der Waals surface area contributed by atoms with E-state index >= 15 is 0 Å². The number of carbonyl (C=O) groups excluding carboxylic acids is 1. The first kappa shape index (κ1) is 20.9. The van der Waals surface area contributed by atoms with Crippen LogP contribution < -0.4 is 4.74 Å². The van der Waals surface area contributed by atoms with Gasteiger partial charge in [0.15, 0.2) is 5.76 Å². The number of benzene rings is 1. The number of carbonyl (C=O) groups is 1. The molecule has 2 aliphatic rings. The maximum Gasteiger partial charge on any atom is 0.289 e. The third-order valence-corrected chi connectivity index (χ3v) is 7.90. The van der Waals surface area contributed by atoms with E-state index in [1.807, 2.05) is 30.3 Å². The van der Waals surface area contributed by atoms with Crippen LogP contribution in [-0.2, 0) is 10.0 Å². The van der Waals surface area contributed by atoms with Gasteiger partial charge in [0.1, 0.15) is 16.4 Å². The molecule has 0 unspecified atom stereocenters. The number of furan rings is 1. The monoisotopic (exact) mass is 432 g/mol.